The third kappa shape index (κ3) is 4.97. The van der Waals surface area contributed by atoms with Gasteiger partial charge in [0.2, 0.25) is 5.91 Å². The predicted octanol–water partition coefficient (Wildman–Crippen LogP) is 4.41. The minimum Gasteiger partial charge on any atom is -0.497 e. The largest absolute Gasteiger partial charge is 0.497 e. The van der Waals surface area contributed by atoms with Gasteiger partial charge in [0.25, 0.3) is 5.69 Å². The lowest BCUT2D eigenvalue weighted by Crippen LogP contribution is -2.32. The standard InChI is InChI=1S/C22H24N2O4/c1-28-21-12-8-18(9-13-21)19-4-2-3-15-23(16-19)22(25)14-7-17-5-10-20(11-6-17)24(26)27/h5-14,19H,2-4,15-16H2,1H3/b14-7+. The van der Waals surface area contributed by atoms with Gasteiger partial charge in [-0.25, -0.2) is 0 Å². The van der Waals surface area contributed by atoms with Crippen LogP contribution in [0.25, 0.3) is 6.08 Å². The zero-order valence-electron chi connectivity index (χ0n) is 15.9. The highest BCUT2D eigenvalue weighted by molar-refractivity contribution is 5.91. The second kappa shape index (κ2) is 9.17. The highest BCUT2D eigenvalue weighted by Gasteiger charge is 2.22. The number of hydrogen-bond acceptors (Lipinski definition) is 4. The van der Waals surface area contributed by atoms with E-state index in [2.05, 4.69) is 12.1 Å². The molecule has 0 aromatic heterocycles. The molecule has 28 heavy (non-hydrogen) atoms. The van der Waals surface area contributed by atoms with Crippen molar-refractivity contribution in [1.29, 1.82) is 0 Å². The molecule has 1 aliphatic rings. The molecule has 1 saturated heterocycles. The SMILES string of the molecule is COc1ccc(C2CCCCN(C(=O)/C=C/c3ccc([N+](=O)[O-])cc3)C2)cc1. The highest BCUT2D eigenvalue weighted by Crippen LogP contribution is 2.28. The van der Waals surface area contributed by atoms with Crippen LogP contribution in [0.1, 0.15) is 36.3 Å². The zero-order valence-corrected chi connectivity index (χ0v) is 15.9. The number of non-ortho nitro benzene ring substituents is 1. The van der Waals surface area contributed by atoms with Crippen molar-refractivity contribution >= 4 is 17.7 Å². The lowest BCUT2D eigenvalue weighted by Gasteiger charge is -2.24. The van der Waals surface area contributed by atoms with Crippen molar-refractivity contribution in [2.24, 2.45) is 0 Å². The molecule has 2 aromatic carbocycles. The third-order valence-electron chi connectivity index (χ3n) is 5.09. The van der Waals surface area contributed by atoms with E-state index in [0.29, 0.717) is 12.5 Å². The number of methoxy groups -OCH3 is 1. The fourth-order valence-electron chi connectivity index (χ4n) is 3.47. The number of likely N-dealkylation sites (tertiary alicyclic amines) is 1. The number of carbonyl (C=O) groups excluding carboxylic acids is 1. The first kappa shape index (κ1) is 19.6. The summed E-state index contributed by atoms with van der Waals surface area (Å²) in [6, 6.07) is 14.2. The molecule has 1 unspecified atom stereocenters. The number of rotatable bonds is 5. The molecule has 6 nitrogen and oxygen atoms in total. The molecule has 1 amide bonds. The topological polar surface area (TPSA) is 72.7 Å². The molecule has 146 valence electrons. The molecule has 0 aliphatic carbocycles. The van der Waals surface area contributed by atoms with E-state index in [9.17, 15) is 14.9 Å². The Balaban J connectivity index is 1.66. The van der Waals surface area contributed by atoms with Crippen LogP contribution in [0, 0.1) is 10.1 Å². The second-order valence-corrected chi connectivity index (χ2v) is 6.93. The molecule has 6 heteroatoms. The van der Waals surface area contributed by atoms with Crippen molar-refractivity contribution in [3.8, 4) is 5.75 Å². The van der Waals surface area contributed by atoms with Crippen LogP contribution in [0.15, 0.2) is 54.6 Å². The molecule has 1 fully saturated rings. The lowest BCUT2D eigenvalue weighted by molar-refractivity contribution is -0.384. The summed E-state index contributed by atoms with van der Waals surface area (Å²) in [7, 11) is 1.65. The van der Waals surface area contributed by atoms with Crippen LogP contribution in [0.5, 0.6) is 5.75 Å². The summed E-state index contributed by atoms with van der Waals surface area (Å²) in [5.41, 5.74) is 2.03. The van der Waals surface area contributed by atoms with Crippen LogP contribution in [0.3, 0.4) is 0 Å². The predicted molar refractivity (Wildman–Crippen MR) is 108 cm³/mol. The Labute approximate surface area is 164 Å². The number of hydrogen-bond donors (Lipinski definition) is 0. The average Bonchev–Trinajstić information content (AvgIpc) is 2.99. The third-order valence-corrected chi connectivity index (χ3v) is 5.09. The Hall–Kier alpha value is -3.15. The van der Waals surface area contributed by atoms with Gasteiger partial charge >= 0.3 is 0 Å². The number of benzene rings is 2. The summed E-state index contributed by atoms with van der Waals surface area (Å²) >= 11 is 0. The van der Waals surface area contributed by atoms with Gasteiger partial charge < -0.3 is 9.64 Å². The highest BCUT2D eigenvalue weighted by atomic mass is 16.6. The van der Waals surface area contributed by atoms with Gasteiger partial charge in [-0.3, -0.25) is 14.9 Å². The van der Waals surface area contributed by atoms with Crippen molar-refractivity contribution < 1.29 is 14.5 Å². The first-order valence-electron chi connectivity index (χ1n) is 9.42. The molecule has 0 spiro atoms. The normalized spacial score (nSPS) is 17.3. The van der Waals surface area contributed by atoms with E-state index >= 15 is 0 Å². The van der Waals surface area contributed by atoms with E-state index in [-0.39, 0.29) is 11.6 Å². The molecular formula is C22H24N2O4. The second-order valence-electron chi connectivity index (χ2n) is 6.93. The van der Waals surface area contributed by atoms with Crippen LogP contribution in [0.2, 0.25) is 0 Å². The van der Waals surface area contributed by atoms with Crippen LogP contribution in [0.4, 0.5) is 5.69 Å². The van der Waals surface area contributed by atoms with Crippen molar-refractivity contribution in [3.05, 3.63) is 75.8 Å². The Bertz CT molecular complexity index is 844. The van der Waals surface area contributed by atoms with Crippen LogP contribution in [-0.2, 0) is 4.79 Å². The van der Waals surface area contributed by atoms with Gasteiger partial charge in [0, 0.05) is 37.2 Å². The van der Waals surface area contributed by atoms with Crippen LogP contribution < -0.4 is 4.74 Å². The Kier molecular flexibility index (Phi) is 6.42. The minimum atomic E-state index is -0.435. The van der Waals surface area contributed by atoms with Gasteiger partial charge in [-0.2, -0.15) is 0 Å². The fourth-order valence-corrected chi connectivity index (χ4v) is 3.47. The maximum absolute atomic E-state index is 12.7. The molecule has 2 aromatic rings. The molecule has 0 radical (unpaired) electrons. The van der Waals surface area contributed by atoms with Gasteiger partial charge in [0.05, 0.1) is 12.0 Å². The van der Waals surface area contributed by atoms with E-state index in [1.54, 1.807) is 31.4 Å². The molecular weight excluding hydrogens is 356 g/mol. The summed E-state index contributed by atoms with van der Waals surface area (Å²) < 4.78 is 5.22. The number of carbonyl (C=O) groups is 1. The summed E-state index contributed by atoms with van der Waals surface area (Å²) in [4.78, 5) is 24.9. The molecule has 0 saturated carbocycles. The van der Waals surface area contributed by atoms with Gasteiger partial charge in [-0.1, -0.05) is 18.6 Å². The first-order valence-corrected chi connectivity index (χ1v) is 9.42. The number of ether oxygens (including phenoxy) is 1. The maximum Gasteiger partial charge on any atom is 0.269 e. The Morgan fingerprint density at radius 1 is 1.14 bits per heavy atom. The van der Waals surface area contributed by atoms with Crippen molar-refractivity contribution in [2.75, 3.05) is 20.2 Å². The van der Waals surface area contributed by atoms with E-state index in [0.717, 1.165) is 37.1 Å². The van der Waals surface area contributed by atoms with Crippen molar-refractivity contribution in [3.63, 3.8) is 0 Å². The molecule has 0 bridgehead atoms. The Morgan fingerprint density at radius 3 is 2.50 bits per heavy atom. The monoisotopic (exact) mass is 380 g/mol. The molecule has 1 aliphatic heterocycles. The lowest BCUT2D eigenvalue weighted by atomic mass is 9.94. The summed E-state index contributed by atoms with van der Waals surface area (Å²) in [6.45, 7) is 1.44. The van der Waals surface area contributed by atoms with Crippen LogP contribution >= 0.6 is 0 Å². The van der Waals surface area contributed by atoms with E-state index in [1.807, 2.05) is 17.0 Å². The maximum atomic E-state index is 12.7. The smallest absolute Gasteiger partial charge is 0.269 e. The van der Waals surface area contributed by atoms with E-state index < -0.39 is 4.92 Å². The van der Waals surface area contributed by atoms with Gasteiger partial charge in [-0.05, 0) is 54.3 Å². The number of nitro groups is 1. The summed E-state index contributed by atoms with van der Waals surface area (Å²) in [6.07, 6.45) is 6.40. The summed E-state index contributed by atoms with van der Waals surface area (Å²) in [5.74, 6) is 1.11. The van der Waals surface area contributed by atoms with Crippen LogP contribution in [-0.4, -0.2) is 35.9 Å². The van der Waals surface area contributed by atoms with E-state index in [1.165, 1.54) is 17.7 Å². The zero-order chi connectivity index (χ0) is 19.9. The number of amides is 1. The minimum absolute atomic E-state index is 0.0289. The van der Waals surface area contributed by atoms with Crippen molar-refractivity contribution in [2.45, 2.75) is 25.2 Å². The quantitative estimate of drug-likeness (QED) is 0.437. The van der Waals surface area contributed by atoms with Gasteiger partial charge in [-0.15, -0.1) is 0 Å². The van der Waals surface area contributed by atoms with Crippen molar-refractivity contribution in [1.82, 2.24) is 4.90 Å². The Morgan fingerprint density at radius 2 is 1.86 bits per heavy atom. The number of nitro benzene ring substituents is 1. The molecule has 1 heterocycles. The number of nitrogens with zero attached hydrogens (tertiary/aromatic N) is 2. The molecule has 0 N–H and O–H groups in total. The van der Waals surface area contributed by atoms with E-state index in [4.69, 9.17) is 4.74 Å². The van der Waals surface area contributed by atoms with Gasteiger partial charge in [0.15, 0.2) is 0 Å². The average molecular weight is 380 g/mol. The summed E-state index contributed by atoms with van der Waals surface area (Å²) in [5, 5.41) is 10.7. The first-order chi connectivity index (χ1) is 13.6. The molecule has 1 atom stereocenters. The fraction of sp³-hybridized carbons (Fsp3) is 0.318. The molecule has 3 rings (SSSR count). The van der Waals surface area contributed by atoms with Gasteiger partial charge in [0.1, 0.15) is 5.75 Å².